The molecule has 0 aromatic heterocycles. The first-order valence-corrected chi connectivity index (χ1v) is 10.5. The van der Waals surface area contributed by atoms with Gasteiger partial charge in [-0.15, -0.1) is 16.7 Å². The first-order valence-electron chi connectivity index (χ1n) is 9.49. The molecule has 158 valence electrons. The molecule has 2 aromatic rings. The van der Waals surface area contributed by atoms with Crippen molar-refractivity contribution in [1.29, 1.82) is 0 Å². The number of carbonyl (C=O) groups is 2. The number of nitrogens with two attached hydrogens (primary N) is 1. The molecule has 1 aliphatic rings. The SMILES string of the molecule is Cc1cc(OCC(=O)NN2C(=O)CSC2c2ccc(N)cc2)c(C(C)C)cc1N=O. The standard InChI is InChI=1S/C21H24N4O4S/c1-12(2)16-9-17(24-28)13(3)8-18(16)29-10-19(26)23-25-20(27)11-30-21(25)14-4-6-15(22)7-5-14/h4-9,12,21H,10-11,22H2,1-3H3,(H,23,26). The number of benzene rings is 2. The maximum absolute atomic E-state index is 12.5. The third-order valence-electron chi connectivity index (χ3n) is 4.74. The van der Waals surface area contributed by atoms with Crippen LogP contribution < -0.4 is 15.9 Å². The summed E-state index contributed by atoms with van der Waals surface area (Å²) in [5.74, 6) is 0.233. The van der Waals surface area contributed by atoms with E-state index in [4.69, 9.17) is 10.5 Å². The van der Waals surface area contributed by atoms with Gasteiger partial charge in [-0.05, 0) is 59.0 Å². The molecule has 9 heteroatoms. The van der Waals surface area contributed by atoms with Crippen molar-refractivity contribution in [2.75, 3.05) is 18.1 Å². The number of hydrazine groups is 1. The monoisotopic (exact) mass is 428 g/mol. The van der Waals surface area contributed by atoms with Crippen molar-refractivity contribution in [1.82, 2.24) is 10.4 Å². The van der Waals surface area contributed by atoms with Crippen LogP contribution in [0.3, 0.4) is 0 Å². The van der Waals surface area contributed by atoms with E-state index in [1.807, 2.05) is 26.0 Å². The summed E-state index contributed by atoms with van der Waals surface area (Å²) >= 11 is 1.43. The Morgan fingerprint density at radius 3 is 2.67 bits per heavy atom. The van der Waals surface area contributed by atoms with Crippen molar-refractivity contribution in [3.63, 3.8) is 0 Å². The number of nitrogens with zero attached hydrogens (tertiary/aromatic N) is 2. The smallest absolute Gasteiger partial charge is 0.276 e. The van der Waals surface area contributed by atoms with Gasteiger partial charge in [-0.1, -0.05) is 26.0 Å². The van der Waals surface area contributed by atoms with Gasteiger partial charge in [0.05, 0.1) is 5.75 Å². The van der Waals surface area contributed by atoms with Gasteiger partial charge in [0, 0.05) is 5.69 Å². The predicted molar refractivity (Wildman–Crippen MR) is 117 cm³/mol. The Morgan fingerprint density at radius 2 is 2.03 bits per heavy atom. The lowest BCUT2D eigenvalue weighted by molar-refractivity contribution is -0.140. The summed E-state index contributed by atoms with van der Waals surface area (Å²) in [6.07, 6.45) is 0. The van der Waals surface area contributed by atoms with Crippen LogP contribution in [-0.2, 0) is 9.59 Å². The number of nitroso groups, excluding NO2 is 1. The van der Waals surface area contributed by atoms with Gasteiger partial charge in [0.2, 0.25) is 0 Å². The van der Waals surface area contributed by atoms with E-state index in [1.54, 1.807) is 31.2 Å². The first kappa shape index (κ1) is 21.6. The molecule has 0 bridgehead atoms. The molecule has 0 radical (unpaired) electrons. The van der Waals surface area contributed by atoms with Gasteiger partial charge in [0.25, 0.3) is 11.8 Å². The zero-order valence-electron chi connectivity index (χ0n) is 17.0. The number of anilines is 1. The molecule has 1 saturated heterocycles. The van der Waals surface area contributed by atoms with E-state index in [0.717, 1.165) is 11.1 Å². The number of hydrogen-bond donors (Lipinski definition) is 2. The molecular weight excluding hydrogens is 404 g/mol. The van der Waals surface area contributed by atoms with E-state index in [9.17, 15) is 14.5 Å². The molecule has 8 nitrogen and oxygen atoms in total. The summed E-state index contributed by atoms with van der Waals surface area (Å²) < 4.78 is 5.73. The fraction of sp³-hybridized carbons (Fsp3) is 0.333. The molecule has 30 heavy (non-hydrogen) atoms. The number of ether oxygens (including phenoxy) is 1. The zero-order valence-corrected chi connectivity index (χ0v) is 17.9. The van der Waals surface area contributed by atoms with Crippen molar-refractivity contribution in [3.8, 4) is 5.75 Å². The molecule has 1 unspecified atom stereocenters. The molecule has 2 amide bonds. The molecule has 1 atom stereocenters. The molecule has 3 rings (SSSR count). The van der Waals surface area contributed by atoms with Gasteiger partial charge in [-0.2, -0.15) is 0 Å². The Balaban J connectivity index is 1.69. The maximum Gasteiger partial charge on any atom is 0.276 e. The summed E-state index contributed by atoms with van der Waals surface area (Å²) in [6.45, 7) is 5.41. The lowest BCUT2D eigenvalue weighted by Gasteiger charge is -2.25. The Kier molecular flexibility index (Phi) is 6.61. The highest BCUT2D eigenvalue weighted by molar-refractivity contribution is 8.00. The number of nitrogens with one attached hydrogen (secondary N) is 1. The van der Waals surface area contributed by atoms with Crippen molar-refractivity contribution in [3.05, 3.63) is 58.0 Å². The lowest BCUT2D eigenvalue weighted by Crippen LogP contribution is -2.46. The highest BCUT2D eigenvalue weighted by atomic mass is 32.2. The second-order valence-electron chi connectivity index (χ2n) is 7.34. The molecule has 0 saturated carbocycles. The Hall–Kier alpha value is -3.07. The Morgan fingerprint density at radius 1 is 1.33 bits per heavy atom. The third-order valence-corrected chi connectivity index (χ3v) is 5.95. The summed E-state index contributed by atoms with van der Waals surface area (Å²) in [4.78, 5) is 35.8. The van der Waals surface area contributed by atoms with Gasteiger partial charge in [0.1, 0.15) is 16.8 Å². The third kappa shape index (κ3) is 4.73. The van der Waals surface area contributed by atoms with Crippen molar-refractivity contribution < 1.29 is 14.3 Å². The van der Waals surface area contributed by atoms with E-state index in [1.165, 1.54) is 16.8 Å². The quantitative estimate of drug-likeness (QED) is 0.512. The van der Waals surface area contributed by atoms with Gasteiger partial charge in [-0.3, -0.25) is 15.0 Å². The van der Waals surface area contributed by atoms with Gasteiger partial charge >= 0.3 is 0 Å². The molecule has 0 spiro atoms. The number of rotatable bonds is 7. The fourth-order valence-electron chi connectivity index (χ4n) is 3.12. The van der Waals surface area contributed by atoms with Crippen LogP contribution in [0, 0.1) is 11.8 Å². The van der Waals surface area contributed by atoms with Crippen LogP contribution in [0.25, 0.3) is 0 Å². The fourth-order valence-corrected chi connectivity index (χ4v) is 4.23. The number of carbonyl (C=O) groups excluding carboxylic acids is 2. The van der Waals surface area contributed by atoms with E-state index >= 15 is 0 Å². The molecular formula is C21H24N4O4S. The summed E-state index contributed by atoms with van der Waals surface area (Å²) in [7, 11) is 0. The summed E-state index contributed by atoms with van der Waals surface area (Å²) in [6, 6.07) is 10.6. The van der Waals surface area contributed by atoms with Gasteiger partial charge < -0.3 is 10.5 Å². The van der Waals surface area contributed by atoms with Crippen LogP contribution in [0.4, 0.5) is 11.4 Å². The largest absolute Gasteiger partial charge is 0.483 e. The highest BCUT2D eigenvalue weighted by Crippen LogP contribution is 2.37. The van der Waals surface area contributed by atoms with Crippen LogP contribution in [-0.4, -0.2) is 29.2 Å². The van der Waals surface area contributed by atoms with Crippen molar-refractivity contribution in [2.24, 2.45) is 5.18 Å². The maximum atomic E-state index is 12.5. The molecule has 1 heterocycles. The highest BCUT2D eigenvalue weighted by Gasteiger charge is 2.34. The molecule has 2 aromatic carbocycles. The average molecular weight is 429 g/mol. The summed E-state index contributed by atoms with van der Waals surface area (Å²) in [5, 5.41) is 4.03. The van der Waals surface area contributed by atoms with Gasteiger partial charge in [-0.25, -0.2) is 5.01 Å². The van der Waals surface area contributed by atoms with Gasteiger partial charge in [0.15, 0.2) is 6.61 Å². The lowest BCUT2D eigenvalue weighted by atomic mass is 9.99. The number of hydrogen-bond acceptors (Lipinski definition) is 7. The Bertz CT molecular complexity index is 962. The molecule has 1 fully saturated rings. The number of thioether (sulfide) groups is 1. The minimum atomic E-state index is -0.448. The summed E-state index contributed by atoms with van der Waals surface area (Å²) in [5.41, 5.74) is 11.7. The van der Waals surface area contributed by atoms with E-state index < -0.39 is 5.91 Å². The molecule has 1 aliphatic heterocycles. The number of aryl methyl sites for hydroxylation is 1. The van der Waals surface area contributed by atoms with E-state index in [-0.39, 0.29) is 29.6 Å². The van der Waals surface area contributed by atoms with E-state index in [2.05, 4.69) is 10.6 Å². The van der Waals surface area contributed by atoms with Crippen LogP contribution in [0.15, 0.2) is 41.6 Å². The zero-order chi connectivity index (χ0) is 21.8. The number of amides is 2. The predicted octanol–water partition coefficient (Wildman–Crippen LogP) is 3.78. The molecule has 3 N–H and O–H groups in total. The number of nitrogen functional groups attached to an aromatic ring is 1. The van der Waals surface area contributed by atoms with Crippen LogP contribution >= 0.6 is 11.8 Å². The Labute approximate surface area is 179 Å². The minimum Gasteiger partial charge on any atom is -0.483 e. The van der Waals surface area contributed by atoms with Crippen molar-refractivity contribution in [2.45, 2.75) is 32.1 Å². The normalized spacial score (nSPS) is 16.1. The van der Waals surface area contributed by atoms with Crippen LogP contribution in [0.1, 0.15) is 41.8 Å². The van der Waals surface area contributed by atoms with E-state index in [0.29, 0.717) is 22.7 Å². The first-order chi connectivity index (χ1) is 14.3. The topological polar surface area (TPSA) is 114 Å². The second kappa shape index (κ2) is 9.17. The minimum absolute atomic E-state index is 0.0793. The average Bonchev–Trinajstić information content (AvgIpc) is 3.07. The van der Waals surface area contributed by atoms with Crippen LogP contribution in [0.5, 0.6) is 5.75 Å². The second-order valence-corrected chi connectivity index (χ2v) is 8.41. The van der Waals surface area contributed by atoms with Crippen LogP contribution in [0.2, 0.25) is 0 Å². The molecule has 0 aliphatic carbocycles. The van der Waals surface area contributed by atoms with Crippen molar-refractivity contribution >= 4 is 35.0 Å².